The van der Waals surface area contributed by atoms with E-state index < -0.39 is 5.91 Å². The zero-order valence-corrected chi connectivity index (χ0v) is 17.5. The summed E-state index contributed by atoms with van der Waals surface area (Å²) in [4.78, 5) is 23.0. The summed E-state index contributed by atoms with van der Waals surface area (Å²) in [7, 11) is 0. The van der Waals surface area contributed by atoms with Crippen LogP contribution in [0, 0.1) is 0 Å². The number of ether oxygens (including phenoxy) is 1. The van der Waals surface area contributed by atoms with Gasteiger partial charge < -0.3 is 10.5 Å². The van der Waals surface area contributed by atoms with Gasteiger partial charge in [0.2, 0.25) is 5.91 Å². The largest absolute Gasteiger partial charge is 0.484 e. The molecule has 156 valence electrons. The number of nitrogens with two attached hydrogens (primary N) is 1. The maximum absolute atomic E-state index is 12.3. The van der Waals surface area contributed by atoms with Crippen molar-refractivity contribution in [1.29, 1.82) is 0 Å². The number of fused-ring (bicyclic) bond motifs is 3. The highest BCUT2D eigenvalue weighted by Crippen LogP contribution is 2.49. The molecule has 6 nitrogen and oxygen atoms in total. The lowest BCUT2D eigenvalue weighted by Gasteiger charge is -2.12. The zero-order valence-electron chi connectivity index (χ0n) is 16.7. The summed E-state index contributed by atoms with van der Waals surface area (Å²) in [5.41, 5.74) is 13.4. The van der Waals surface area contributed by atoms with E-state index in [0.717, 1.165) is 5.56 Å². The number of carbonyl (C=O) groups is 2. The molecule has 7 heteroatoms. The van der Waals surface area contributed by atoms with E-state index in [2.05, 4.69) is 34.8 Å². The molecule has 1 aliphatic carbocycles. The van der Waals surface area contributed by atoms with Gasteiger partial charge in [-0.1, -0.05) is 48.5 Å². The van der Waals surface area contributed by atoms with Crippen LogP contribution in [0.4, 0.5) is 0 Å². The first-order valence-electron chi connectivity index (χ1n) is 9.75. The van der Waals surface area contributed by atoms with Crippen LogP contribution in [-0.2, 0) is 9.59 Å². The van der Waals surface area contributed by atoms with E-state index in [0.29, 0.717) is 11.5 Å². The van der Waals surface area contributed by atoms with Crippen LogP contribution in [-0.4, -0.2) is 30.4 Å². The average molecular weight is 432 g/mol. The highest BCUT2D eigenvalue weighted by Gasteiger charge is 2.28. The lowest BCUT2D eigenvalue weighted by Crippen LogP contribution is -2.20. The van der Waals surface area contributed by atoms with Crippen LogP contribution < -0.4 is 15.9 Å². The minimum Gasteiger partial charge on any atom is -0.484 e. The number of benzene rings is 3. The van der Waals surface area contributed by atoms with Gasteiger partial charge in [-0.2, -0.15) is 5.10 Å². The Morgan fingerprint density at radius 1 is 0.968 bits per heavy atom. The fourth-order valence-corrected chi connectivity index (χ4v) is 4.62. The molecule has 0 aliphatic heterocycles. The Morgan fingerprint density at radius 2 is 1.58 bits per heavy atom. The smallest absolute Gasteiger partial charge is 0.255 e. The molecule has 31 heavy (non-hydrogen) atoms. The highest BCUT2D eigenvalue weighted by atomic mass is 32.2. The molecule has 4 rings (SSSR count). The third-order valence-corrected chi connectivity index (χ3v) is 6.09. The lowest BCUT2D eigenvalue weighted by molar-refractivity contribution is -0.120. The zero-order chi connectivity index (χ0) is 21.6. The van der Waals surface area contributed by atoms with Crippen molar-refractivity contribution in [3.63, 3.8) is 0 Å². The molecule has 3 N–H and O–H groups in total. The van der Waals surface area contributed by atoms with Crippen LogP contribution in [0.15, 0.2) is 77.9 Å². The van der Waals surface area contributed by atoms with Gasteiger partial charge in [-0.25, -0.2) is 5.43 Å². The molecule has 0 saturated heterocycles. The average Bonchev–Trinajstić information content (AvgIpc) is 3.11. The van der Waals surface area contributed by atoms with Crippen molar-refractivity contribution in [2.24, 2.45) is 10.8 Å². The Labute approximate surface area is 184 Å². The highest BCUT2D eigenvalue weighted by molar-refractivity contribution is 8.00. The van der Waals surface area contributed by atoms with Crippen LogP contribution in [0.3, 0.4) is 0 Å². The summed E-state index contributed by atoms with van der Waals surface area (Å²) in [6.07, 6.45) is 1.56. The maximum Gasteiger partial charge on any atom is 0.255 e. The molecule has 3 aromatic rings. The van der Waals surface area contributed by atoms with E-state index in [1.807, 2.05) is 24.3 Å². The van der Waals surface area contributed by atoms with E-state index in [1.165, 1.54) is 22.3 Å². The minimum atomic E-state index is -0.532. The van der Waals surface area contributed by atoms with Gasteiger partial charge in [0.1, 0.15) is 5.75 Å². The van der Waals surface area contributed by atoms with Gasteiger partial charge in [0, 0.05) is 0 Å². The molecule has 2 amide bonds. The normalized spacial score (nSPS) is 12.4. The van der Waals surface area contributed by atoms with Gasteiger partial charge >= 0.3 is 0 Å². The predicted molar refractivity (Wildman–Crippen MR) is 123 cm³/mol. The summed E-state index contributed by atoms with van der Waals surface area (Å²) < 4.78 is 5.20. The van der Waals surface area contributed by atoms with Crippen LogP contribution in [0.2, 0.25) is 0 Å². The van der Waals surface area contributed by atoms with E-state index in [1.54, 1.807) is 42.2 Å². The Bertz CT molecular complexity index is 1080. The van der Waals surface area contributed by atoms with Crippen molar-refractivity contribution in [3.05, 3.63) is 89.5 Å². The molecule has 3 aromatic carbocycles. The van der Waals surface area contributed by atoms with Gasteiger partial charge in [0.05, 0.1) is 17.2 Å². The molecular weight excluding hydrogens is 410 g/mol. The van der Waals surface area contributed by atoms with Gasteiger partial charge in [-0.3, -0.25) is 9.59 Å². The quantitative estimate of drug-likeness (QED) is 0.422. The number of rotatable bonds is 8. The number of hydrogen-bond donors (Lipinski definition) is 2. The molecule has 0 bridgehead atoms. The van der Waals surface area contributed by atoms with E-state index >= 15 is 0 Å². The van der Waals surface area contributed by atoms with Gasteiger partial charge in [0.25, 0.3) is 5.91 Å². The Morgan fingerprint density at radius 3 is 2.19 bits per heavy atom. The fourth-order valence-electron chi connectivity index (χ4n) is 3.46. The molecule has 1 aliphatic rings. The van der Waals surface area contributed by atoms with E-state index in [4.69, 9.17) is 10.5 Å². The second kappa shape index (κ2) is 9.49. The molecule has 0 fully saturated rings. The Balaban J connectivity index is 1.31. The first kappa shape index (κ1) is 20.7. The number of carbonyl (C=O) groups excluding carboxylic acids is 2. The third kappa shape index (κ3) is 4.95. The second-order valence-corrected chi connectivity index (χ2v) is 8.08. The van der Waals surface area contributed by atoms with Crippen molar-refractivity contribution in [2.75, 3.05) is 12.4 Å². The molecule has 0 unspecified atom stereocenters. The number of amides is 2. The van der Waals surface area contributed by atoms with Gasteiger partial charge in [-0.05, 0) is 52.1 Å². The van der Waals surface area contributed by atoms with Crippen LogP contribution in [0.5, 0.6) is 5.75 Å². The molecule has 0 saturated carbocycles. The third-order valence-electron chi connectivity index (χ3n) is 4.82. The number of nitrogens with zero attached hydrogens (tertiary/aromatic N) is 1. The Kier molecular flexibility index (Phi) is 6.33. The summed E-state index contributed by atoms with van der Waals surface area (Å²) in [5.74, 6) is 0.138. The molecular formula is C24H21N3O3S. The van der Waals surface area contributed by atoms with Gasteiger partial charge in [0.15, 0.2) is 6.61 Å². The van der Waals surface area contributed by atoms with Crippen LogP contribution in [0.1, 0.15) is 21.9 Å². The predicted octanol–water partition coefficient (Wildman–Crippen LogP) is 3.50. The fraction of sp³-hybridized carbons (Fsp3) is 0.125. The summed E-state index contributed by atoms with van der Waals surface area (Å²) in [6, 6.07) is 23.6. The number of hydrazone groups is 1. The molecule has 0 heterocycles. The number of nitrogens with one attached hydrogen (secondary N) is 1. The molecule has 0 spiro atoms. The van der Waals surface area contributed by atoms with Crippen molar-refractivity contribution in [1.82, 2.24) is 5.43 Å². The van der Waals surface area contributed by atoms with Crippen molar-refractivity contribution in [2.45, 2.75) is 5.25 Å². The first-order valence-corrected chi connectivity index (χ1v) is 10.8. The second-order valence-electron chi connectivity index (χ2n) is 6.98. The molecule has 0 atom stereocenters. The summed E-state index contributed by atoms with van der Waals surface area (Å²) in [5, 5.41) is 4.16. The van der Waals surface area contributed by atoms with Crippen LogP contribution >= 0.6 is 11.8 Å². The van der Waals surface area contributed by atoms with Crippen molar-refractivity contribution >= 4 is 29.8 Å². The Hall–Kier alpha value is -3.58. The van der Waals surface area contributed by atoms with Crippen LogP contribution in [0.25, 0.3) is 11.1 Å². The lowest BCUT2D eigenvalue weighted by atomic mass is 10.1. The number of thioether (sulfide) groups is 1. The first-order chi connectivity index (χ1) is 15.1. The van der Waals surface area contributed by atoms with E-state index in [-0.39, 0.29) is 17.8 Å². The standard InChI is InChI=1S/C24H21N3O3S/c25-22(28)14-30-17-11-9-16(10-12-17)13-26-27-23(29)15-31-24-20-7-3-1-5-18(20)19-6-2-4-8-21(19)24/h1-13,24H,14-15H2,(H2,25,28)(H,27,29)/b26-13-. The summed E-state index contributed by atoms with van der Waals surface area (Å²) in [6.45, 7) is -0.170. The van der Waals surface area contributed by atoms with Crippen molar-refractivity contribution < 1.29 is 14.3 Å². The minimum absolute atomic E-state index is 0.134. The van der Waals surface area contributed by atoms with Gasteiger partial charge in [-0.15, -0.1) is 11.8 Å². The summed E-state index contributed by atoms with van der Waals surface area (Å²) >= 11 is 1.59. The maximum atomic E-state index is 12.3. The van der Waals surface area contributed by atoms with Crippen molar-refractivity contribution in [3.8, 4) is 16.9 Å². The molecule has 0 aromatic heterocycles. The monoisotopic (exact) mass is 431 g/mol. The number of hydrogen-bond acceptors (Lipinski definition) is 5. The molecule has 0 radical (unpaired) electrons. The van der Waals surface area contributed by atoms with E-state index in [9.17, 15) is 9.59 Å². The SMILES string of the molecule is NC(=O)COc1ccc(/C=N\NC(=O)CSC2c3ccccc3-c3ccccc32)cc1. The topological polar surface area (TPSA) is 93.8 Å². The number of primary amides is 1.